The van der Waals surface area contributed by atoms with E-state index in [1.165, 1.54) is 22.0 Å². The predicted molar refractivity (Wildman–Crippen MR) is 88.5 cm³/mol. The number of nitrogens with one attached hydrogen (secondary N) is 1. The third kappa shape index (κ3) is 3.20. The standard InChI is InChI=1S/C18H24N2O/c1-2-12-21-13-11-20-14-17(15-7-9-19-10-8-15)16-5-3-4-6-18(16)20/h3-7,14,19H,2,8-13H2,1H3. The molecule has 1 N–H and O–H groups in total. The van der Waals surface area contributed by atoms with Crippen LogP contribution in [0.25, 0.3) is 16.5 Å². The lowest BCUT2D eigenvalue weighted by molar-refractivity contribution is 0.127. The van der Waals surface area contributed by atoms with Crippen LogP contribution in [0.2, 0.25) is 0 Å². The summed E-state index contributed by atoms with van der Waals surface area (Å²) in [6.45, 7) is 6.76. The van der Waals surface area contributed by atoms with Crippen LogP contribution in [-0.4, -0.2) is 30.9 Å². The van der Waals surface area contributed by atoms with Crippen molar-refractivity contribution in [2.24, 2.45) is 0 Å². The molecule has 21 heavy (non-hydrogen) atoms. The van der Waals surface area contributed by atoms with Crippen molar-refractivity contribution in [3.63, 3.8) is 0 Å². The average Bonchev–Trinajstić information content (AvgIpc) is 2.92. The van der Waals surface area contributed by atoms with E-state index in [1.54, 1.807) is 0 Å². The van der Waals surface area contributed by atoms with Crippen LogP contribution in [0.5, 0.6) is 0 Å². The van der Waals surface area contributed by atoms with E-state index in [0.29, 0.717) is 0 Å². The number of benzene rings is 1. The lowest BCUT2D eigenvalue weighted by Crippen LogP contribution is -2.19. The van der Waals surface area contributed by atoms with Crippen molar-refractivity contribution >= 4 is 16.5 Å². The number of ether oxygens (including phenoxy) is 1. The first kappa shape index (κ1) is 14.4. The Labute approximate surface area is 126 Å². The maximum Gasteiger partial charge on any atom is 0.0645 e. The van der Waals surface area contributed by atoms with Gasteiger partial charge in [0.25, 0.3) is 0 Å². The van der Waals surface area contributed by atoms with Crippen molar-refractivity contribution in [3.05, 3.63) is 42.1 Å². The lowest BCUT2D eigenvalue weighted by Gasteiger charge is -2.13. The Hall–Kier alpha value is -1.58. The third-order valence-electron chi connectivity index (χ3n) is 4.02. The molecule has 0 bridgehead atoms. The highest BCUT2D eigenvalue weighted by Crippen LogP contribution is 2.29. The molecule has 1 aromatic carbocycles. The van der Waals surface area contributed by atoms with Gasteiger partial charge in [-0.05, 0) is 31.0 Å². The maximum absolute atomic E-state index is 5.64. The van der Waals surface area contributed by atoms with Crippen LogP contribution >= 0.6 is 0 Å². The van der Waals surface area contributed by atoms with Crippen LogP contribution in [0.15, 0.2) is 36.5 Å². The molecular formula is C18H24N2O. The minimum absolute atomic E-state index is 0.784. The number of hydrogen-bond acceptors (Lipinski definition) is 2. The molecule has 3 heteroatoms. The maximum atomic E-state index is 5.64. The quantitative estimate of drug-likeness (QED) is 0.822. The average molecular weight is 284 g/mol. The van der Waals surface area contributed by atoms with Gasteiger partial charge in [-0.2, -0.15) is 0 Å². The van der Waals surface area contributed by atoms with E-state index < -0.39 is 0 Å². The second-order valence-electron chi connectivity index (χ2n) is 5.55. The minimum Gasteiger partial charge on any atom is -0.380 e. The first-order valence-electron chi connectivity index (χ1n) is 7.96. The Morgan fingerprint density at radius 2 is 2.14 bits per heavy atom. The van der Waals surface area contributed by atoms with Gasteiger partial charge in [-0.25, -0.2) is 0 Å². The van der Waals surface area contributed by atoms with Gasteiger partial charge in [0.2, 0.25) is 0 Å². The van der Waals surface area contributed by atoms with E-state index in [-0.39, 0.29) is 0 Å². The molecule has 0 unspecified atom stereocenters. The van der Waals surface area contributed by atoms with Crippen molar-refractivity contribution < 1.29 is 4.74 Å². The molecule has 3 nitrogen and oxygen atoms in total. The predicted octanol–water partition coefficient (Wildman–Crippen LogP) is 3.44. The summed E-state index contributed by atoms with van der Waals surface area (Å²) in [5, 5.41) is 4.75. The number of rotatable bonds is 6. The van der Waals surface area contributed by atoms with E-state index in [2.05, 4.69) is 53.3 Å². The van der Waals surface area contributed by atoms with Crippen molar-refractivity contribution in [1.29, 1.82) is 0 Å². The molecule has 0 aliphatic carbocycles. The van der Waals surface area contributed by atoms with Gasteiger partial charge in [-0.3, -0.25) is 0 Å². The summed E-state index contributed by atoms with van der Waals surface area (Å²) in [6.07, 6.45) is 6.82. The summed E-state index contributed by atoms with van der Waals surface area (Å²) in [6, 6.07) is 8.69. The number of fused-ring (bicyclic) bond motifs is 1. The fraction of sp³-hybridized carbons (Fsp3) is 0.444. The molecule has 3 rings (SSSR count). The summed E-state index contributed by atoms with van der Waals surface area (Å²) in [5.41, 5.74) is 4.17. The third-order valence-corrected chi connectivity index (χ3v) is 4.02. The zero-order chi connectivity index (χ0) is 14.5. The van der Waals surface area contributed by atoms with Crippen molar-refractivity contribution in [2.75, 3.05) is 26.3 Å². The van der Waals surface area contributed by atoms with Crippen LogP contribution in [0, 0.1) is 0 Å². The van der Waals surface area contributed by atoms with Crippen LogP contribution < -0.4 is 5.32 Å². The number of nitrogens with zero attached hydrogens (tertiary/aromatic N) is 1. The minimum atomic E-state index is 0.784. The summed E-state index contributed by atoms with van der Waals surface area (Å²) in [7, 11) is 0. The largest absolute Gasteiger partial charge is 0.380 e. The Balaban J connectivity index is 1.88. The Kier molecular flexibility index (Phi) is 4.73. The van der Waals surface area contributed by atoms with E-state index in [0.717, 1.165) is 45.7 Å². The SMILES string of the molecule is CCCOCCn1cc(C2=CCNCC2)c2ccccc21. The highest BCUT2D eigenvalue weighted by Gasteiger charge is 2.13. The molecule has 1 aromatic heterocycles. The molecule has 1 aliphatic rings. The fourth-order valence-electron chi connectivity index (χ4n) is 2.96. The molecule has 0 amide bonds. The first-order valence-corrected chi connectivity index (χ1v) is 7.96. The molecule has 2 aromatic rings. The molecule has 112 valence electrons. The molecule has 0 saturated carbocycles. The zero-order valence-electron chi connectivity index (χ0n) is 12.8. The van der Waals surface area contributed by atoms with Gasteiger partial charge < -0.3 is 14.6 Å². The molecule has 0 spiro atoms. The van der Waals surface area contributed by atoms with Crippen LogP contribution in [0.1, 0.15) is 25.3 Å². The van der Waals surface area contributed by atoms with E-state index >= 15 is 0 Å². The molecule has 0 saturated heterocycles. The zero-order valence-corrected chi connectivity index (χ0v) is 12.8. The summed E-state index contributed by atoms with van der Waals surface area (Å²) in [5.74, 6) is 0. The van der Waals surface area contributed by atoms with E-state index in [9.17, 15) is 0 Å². The van der Waals surface area contributed by atoms with Gasteiger partial charge in [-0.1, -0.05) is 31.2 Å². The molecule has 1 aliphatic heterocycles. The Morgan fingerprint density at radius 1 is 1.24 bits per heavy atom. The van der Waals surface area contributed by atoms with Crippen LogP contribution in [0.3, 0.4) is 0 Å². The highest BCUT2D eigenvalue weighted by atomic mass is 16.5. The van der Waals surface area contributed by atoms with Crippen molar-refractivity contribution in [3.8, 4) is 0 Å². The topological polar surface area (TPSA) is 26.2 Å². The number of para-hydroxylation sites is 1. The van der Waals surface area contributed by atoms with Gasteiger partial charge in [0, 0.05) is 42.4 Å². The van der Waals surface area contributed by atoms with Gasteiger partial charge in [-0.15, -0.1) is 0 Å². The van der Waals surface area contributed by atoms with Gasteiger partial charge >= 0.3 is 0 Å². The summed E-state index contributed by atoms with van der Waals surface area (Å²) in [4.78, 5) is 0. The lowest BCUT2D eigenvalue weighted by atomic mass is 10.00. The normalized spacial score (nSPS) is 15.4. The molecule has 0 radical (unpaired) electrons. The second kappa shape index (κ2) is 6.92. The molecule has 0 fully saturated rings. The van der Waals surface area contributed by atoms with E-state index in [4.69, 9.17) is 4.74 Å². The highest BCUT2D eigenvalue weighted by molar-refractivity contribution is 5.93. The first-order chi connectivity index (χ1) is 10.4. The molecular weight excluding hydrogens is 260 g/mol. The molecule has 2 heterocycles. The van der Waals surface area contributed by atoms with Gasteiger partial charge in [0.05, 0.1) is 6.61 Å². The Bertz CT molecular complexity index is 627. The van der Waals surface area contributed by atoms with Crippen molar-refractivity contribution in [2.45, 2.75) is 26.3 Å². The van der Waals surface area contributed by atoms with Crippen LogP contribution in [0.4, 0.5) is 0 Å². The summed E-state index contributed by atoms with van der Waals surface area (Å²) >= 11 is 0. The van der Waals surface area contributed by atoms with Crippen LogP contribution in [-0.2, 0) is 11.3 Å². The second-order valence-corrected chi connectivity index (χ2v) is 5.55. The smallest absolute Gasteiger partial charge is 0.0645 e. The molecule has 0 atom stereocenters. The Morgan fingerprint density at radius 3 is 2.95 bits per heavy atom. The number of aromatic nitrogens is 1. The number of hydrogen-bond donors (Lipinski definition) is 1. The van der Waals surface area contributed by atoms with Gasteiger partial charge in [0.15, 0.2) is 0 Å². The van der Waals surface area contributed by atoms with Crippen molar-refractivity contribution in [1.82, 2.24) is 9.88 Å². The van der Waals surface area contributed by atoms with Gasteiger partial charge in [0.1, 0.15) is 0 Å². The monoisotopic (exact) mass is 284 g/mol. The summed E-state index contributed by atoms with van der Waals surface area (Å²) < 4.78 is 7.98. The fourth-order valence-corrected chi connectivity index (χ4v) is 2.96. The van der Waals surface area contributed by atoms with E-state index in [1.807, 2.05) is 0 Å².